The van der Waals surface area contributed by atoms with Gasteiger partial charge in [0, 0.05) is 0 Å². The summed E-state index contributed by atoms with van der Waals surface area (Å²) in [5.74, 6) is 0.0846. The molecule has 3 rings (SSSR count). The van der Waals surface area contributed by atoms with Gasteiger partial charge in [0.2, 0.25) is 0 Å². The maximum atomic E-state index is 12.3. The highest BCUT2D eigenvalue weighted by molar-refractivity contribution is 7.87. The number of benzene rings is 3. The van der Waals surface area contributed by atoms with Crippen molar-refractivity contribution >= 4 is 20.2 Å². The van der Waals surface area contributed by atoms with E-state index in [0.29, 0.717) is 0 Å². The van der Waals surface area contributed by atoms with Crippen LogP contribution in [0.3, 0.4) is 0 Å². The normalized spacial score (nSPS) is 11.8. The fourth-order valence-electron chi connectivity index (χ4n) is 2.31. The molecular weight excluding hydrogens is 400 g/mol. The second-order valence-electron chi connectivity index (χ2n) is 6.17. The smallest absolute Gasteiger partial charge is 0.339 e. The zero-order valence-corrected chi connectivity index (χ0v) is 16.8. The molecule has 0 saturated heterocycles. The highest BCUT2D eigenvalue weighted by Gasteiger charge is 2.18. The van der Waals surface area contributed by atoms with Crippen molar-refractivity contribution in [2.24, 2.45) is 0 Å². The molecule has 0 N–H and O–H groups in total. The third kappa shape index (κ3) is 4.71. The average Bonchev–Trinajstić information content (AvgIpc) is 2.64. The van der Waals surface area contributed by atoms with E-state index in [1.807, 2.05) is 13.8 Å². The molecule has 0 fully saturated rings. The van der Waals surface area contributed by atoms with Gasteiger partial charge in [-0.25, -0.2) is 0 Å². The lowest BCUT2D eigenvalue weighted by Crippen LogP contribution is -2.11. The average molecular weight is 418 g/mol. The summed E-state index contributed by atoms with van der Waals surface area (Å²) in [5, 5.41) is 0. The van der Waals surface area contributed by atoms with Gasteiger partial charge < -0.3 is 8.37 Å². The minimum Gasteiger partial charge on any atom is -0.379 e. The quantitative estimate of drug-likeness (QED) is 0.565. The van der Waals surface area contributed by atoms with Crippen LogP contribution >= 0.6 is 0 Å². The standard InChI is InChI=1S/C20H18O6S2/c1-15-3-11-19(12-4-15)27(21,22)25-17-7-9-18(10-8-17)26-28(23,24)20-13-5-16(2)6-14-20/h3-14H,1-2H3. The lowest BCUT2D eigenvalue weighted by molar-refractivity contribution is 0.478. The van der Waals surface area contributed by atoms with Gasteiger partial charge in [0.15, 0.2) is 0 Å². The monoisotopic (exact) mass is 418 g/mol. The molecule has 0 atom stereocenters. The molecule has 0 amide bonds. The molecule has 0 aromatic heterocycles. The third-order valence-electron chi connectivity index (χ3n) is 3.85. The summed E-state index contributed by atoms with van der Waals surface area (Å²) >= 11 is 0. The Bertz CT molecular complexity index is 1070. The predicted molar refractivity (Wildman–Crippen MR) is 104 cm³/mol. The van der Waals surface area contributed by atoms with Crippen molar-refractivity contribution in [3.05, 3.63) is 83.9 Å². The maximum absolute atomic E-state index is 12.3. The SMILES string of the molecule is Cc1ccc(S(=O)(=O)Oc2ccc(OS(=O)(=O)c3ccc(C)cc3)cc2)cc1. The summed E-state index contributed by atoms with van der Waals surface area (Å²) in [6, 6.07) is 17.8. The second-order valence-corrected chi connectivity index (χ2v) is 9.27. The van der Waals surface area contributed by atoms with Crippen LogP contribution < -0.4 is 8.37 Å². The highest BCUT2D eigenvalue weighted by atomic mass is 32.2. The lowest BCUT2D eigenvalue weighted by atomic mass is 10.2. The molecule has 0 saturated carbocycles. The summed E-state index contributed by atoms with van der Waals surface area (Å²) in [5.41, 5.74) is 1.85. The Morgan fingerprint density at radius 1 is 0.500 bits per heavy atom. The van der Waals surface area contributed by atoms with Crippen LogP contribution in [0.2, 0.25) is 0 Å². The van der Waals surface area contributed by atoms with Gasteiger partial charge in [-0.1, -0.05) is 35.4 Å². The minimum atomic E-state index is -3.98. The summed E-state index contributed by atoms with van der Waals surface area (Å²) in [6.45, 7) is 3.70. The van der Waals surface area contributed by atoms with E-state index in [4.69, 9.17) is 8.37 Å². The topological polar surface area (TPSA) is 86.7 Å². The second kappa shape index (κ2) is 7.65. The molecular formula is C20H18O6S2. The van der Waals surface area contributed by atoms with Gasteiger partial charge in [-0.15, -0.1) is 0 Å². The molecule has 6 nitrogen and oxygen atoms in total. The highest BCUT2D eigenvalue weighted by Crippen LogP contribution is 2.24. The van der Waals surface area contributed by atoms with E-state index in [1.165, 1.54) is 48.5 Å². The number of aryl methyl sites for hydroxylation is 2. The molecule has 0 heterocycles. The number of hydrogen-bond donors (Lipinski definition) is 0. The Balaban J connectivity index is 1.74. The molecule has 0 bridgehead atoms. The van der Waals surface area contributed by atoms with E-state index in [1.54, 1.807) is 24.3 Å². The van der Waals surface area contributed by atoms with Crippen LogP contribution in [0.5, 0.6) is 11.5 Å². The van der Waals surface area contributed by atoms with Crippen molar-refractivity contribution in [3.63, 3.8) is 0 Å². The molecule has 8 heteroatoms. The van der Waals surface area contributed by atoms with Crippen LogP contribution in [0, 0.1) is 13.8 Å². The van der Waals surface area contributed by atoms with Crippen LogP contribution in [0.25, 0.3) is 0 Å². The Morgan fingerprint density at radius 3 is 1.07 bits per heavy atom. The summed E-state index contributed by atoms with van der Waals surface area (Å²) < 4.78 is 59.3. The molecule has 146 valence electrons. The Labute approximate surface area is 164 Å². The van der Waals surface area contributed by atoms with Crippen molar-refractivity contribution in [3.8, 4) is 11.5 Å². The first kappa shape index (κ1) is 19.9. The molecule has 0 radical (unpaired) electrons. The summed E-state index contributed by atoms with van der Waals surface area (Å²) in [4.78, 5) is 0.0563. The van der Waals surface area contributed by atoms with Gasteiger partial charge in [0.05, 0.1) is 0 Å². The Hall–Kier alpha value is -2.84. The van der Waals surface area contributed by atoms with Gasteiger partial charge in [0.1, 0.15) is 21.3 Å². The fourth-order valence-corrected chi connectivity index (χ4v) is 4.17. The van der Waals surface area contributed by atoms with Crippen molar-refractivity contribution in [1.29, 1.82) is 0 Å². The minimum absolute atomic E-state index is 0.0281. The van der Waals surface area contributed by atoms with E-state index < -0.39 is 20.2 Å². The van der Waals surface area contributed by atoms with Crippen LogP contribution in [-0.2, 0) is 20.2 Å². The van der Waals surface area contributed by atoms with E-state index in [-0.39, 0.29) is 21.3 Å². The Morgan fingerprint density at radius 2 is 0.786 bits per heavy atom. The van der Waals surface area contributed by atoms with Gasteiger partial charge in [-0.05, 0) is 62.4 Å². The zero-order chi connectivity index (χ0) is 20.4. The van der Waals surface area contributed by atoms with Crippen molar-refractivity contribution in [2.45, 2.75) is 23.6 Å². The van der Waals surface area contributed by atoms with Crippen molar-refractivity contribution in [2.75, 3.05) is 0 Å². The van der Waals surface area contributed by atoms with Gasteiger partial charge in [0.25, 0.3) is 0 Å². The van der Waals surface area contributed by atoms with Crippen molar-refractivity contribution < 1.29 is 25.2 Å². The number of hydrogen-bond acceptors (Lipinski definition) is 6. The van der Waals surface area contributed by atoms with E-state index in [0.717, 1.165) is 11.1 Å². The lowest BCUT2D eigenvalue weighted by Gasteiger charge is -2.09. The van der Waals surface area contributed by atoms with Gasteiger partial charge in [-0.3, -0.25) is 0 Å². The third-order valence-corrected chi connectivity index (χ3v) is 6.38. The maximum Gasteiger partial charge on any atom is 0.339 e. The first-order valence-electron chi connectivity index (χ1n) is 8.28. The van der Waals surface area contributed by atoms with E-state index in [9.17, 15) is 16.8 Å². The first-order chi connectivity index (χ1) is 13.2. The largest absolute Gasteiger partial charge is 0.379 e. The first-order valence-corrected chi connectivity index (χ1v) is 11.1. The van der Waals surface area contributed by atoms with Gasteiger partial charge >= 0.3 is 20.2 Å². The predicted octanol–water partition coefficient (Wildman–Crippen LogP) is 3.84. The van der Waals surface area contributed by atoms with Crippen LogP contribution in [0.1, 0.15) is 11.1 Å². The molecule has 0 unspecified atom stereocenters. The zero-order valence-electron chi connectivity index (χ0n) is 15.2. The van der Waals surface area contributed by atoms with Crippen molar-refractivity contribution in [1.82, 2.24) is 0 Å². The molecule has 3 aromatic carbocycles. The molecule has 0 aliphatic rings. The summed E-state index contributed by atoms with van der Waals surface area (Å²) in [7, 11) is -7.97. The fraction of sp³-hybridized carbons (Fsp3) is 0.100. The molecule has 0 aliphatic carbocycles. The Kier molecular flexibility index (Phi) is 5.44. The van der Waals surface area contributed by atoms with E-state index >= 15 is 0 Å². The molecule has 3 aromatic rings. The van der Waals surface area contributed by atoms with Crippen LogP contribution in [0.15, 0.2) is 82.6 Å². The van der Waals surface area contributed by atoms with E-state index in [2.05, 4.69) is 0 Å². The molecule has 0 spiro atoms. The van der Waals surface area contributed by atoms with Gasteiger partial charge in [-0.2, -0.15) is 16.8 Å². The molecule has 28 heavy (non-hydrogen) atoms. The molecule has 0 aliphatic heterocycles. The van der Waals surface area contributed by atoms with Crippen LogP contribution in [-0.4, -0.2) is 16.8 Å². The number of rotatable bonds is 6. The summed E-state index contributed by atoms with van der Waals surface area (Å²) in [6.07, 6.45) is 0. The van der Waals surface area contributed by atoms with Crippen LogP contribution in [0.4, 0.5) is 0 Å².